The van der Waals surface area contributed by atoms with Gasteiger partial charge in [0.2, 0.25) is 0 Å². The molecule has 18 heteroatoms. The number of hydrogen-bond acceptors (Lipinski definition) is 8. The zero-order valence-electron chi connectivity index (χ0n) is 24.2. The summed E-state index contributed by atoms with van der Waals surface area (Å²) in [6.45, 7) is 1.29. The molecule has 2 fully saturated rings. The van der Waals surface area contributed by atoms with Gasteiger partial charge in [-0.2, -0.15) is 18.3 Å². The molecule has 1 aliphatic carbocycles. The molecule has 1 aliphatic heterocycles. The molecule has 0 spiro atoms. The Labute approximate surface area is 264 Å². The van der Waals surface area contributed by atoms with E-state index >= 15 is 0 Å². The van der Waals surface area contributed by atoms with Crippen molar-refractivity contribution in [3.63, 3.8) is 0 Å². The van der Waals surface area contributed by atoms with E-state index in [0.717, 1.165) is 25.5 Å². The van der Waals surface area contributed by atoms with Crippen molar-refractivity contribution < 1.29 is 32.7 Å². The number of carbonyl (C=O) groups is 3. The molecule has 2 aliphatic rings. The number of amides is 3. The Morgan fingerprint density at radius 2 is 1.83 bits per heavy atom. The van der Waals surface area contributed by atoms with E-state index in [2.05, 4.69) is 25.7 Å². The summed E-state index contributed by atoms with van der Waals surface area (Å²) < 4.78 is 41.8. The molecule has 1 saturated heterocycles. The lowest BCUT2D eigenvalue weighted by atomic mass is 10.1. The number of aromatic amines is 1. The molecule has 0 bridgehead atoms. The first kappa shape index (κ1) is 32.5. The van der Waals surface area contributed by atoms with E-state index in [-0.39, 0.29) is 58.2 Å². The number of anilines is 2. The molecule has 0 radical (unpaired) electrons. The number of rotatable bonds is 5. The maximum Gasteiger partial charge on any atom is 0.433 e. The van der Waals surface area contributed by atoms with Gasteiger partial charge in [0.25, 0.3) is 12.4 Å². The first-order chi connectivity index (χ1) is 22.0. The van der Waals surface area contributed by atoms with Gasteiger partial charge in [0.1, 0.15) is 5.69 Å². The lowest BCUT2D eigenvalue weighted by molar-refractivity contribution is -0.140. The third-order valence-corrected chi connectivity index (χ3v) is 8.06. The van der Waals surface area contributed by atoms with Crippen molar-refractivity contribution in [2.24, 2.45) is 5.73 Å². The Balaban J connectivity index is 0.00000134. The van der Waals surface area contributed by atoms with Gasteiger partial charge in [-0.05, 0) is 37.5 Å². The van der Waals surface area contributed by atoms with Crippen LogP contribution in [-0.4, -0.2) is 96.1 Å². The molecule has 244 valence electrons. The summed E-state index contributed by atoms with van der Waals surface area (Å²) in [6.07, 6.45) is 3.26. The van der Waals surface area contributed by atoms with Crippen molar-refractivity contribution in [2.75, 3.05) is 31.5 Å². The van der Waals surface area contributed by atoms with Crippen LogP contribution in [0.1, 0.15) is 35.3 Å². The van der Waals surface area contributed by atoms with Gasteiger partial charge in [-0.1, -0.05) is 11.6 Å². The van der Waals surface area contributed by atoms with Crippen LogP contribution in [0, 0.1) is 0 Å². The van der Waals surface area contributed by atoms with E-state index in [1.165, 1.54) is 23.0 Å². The summed E-state index contributed by atoms with van der Waals surface area (Å²) >= 11 is 6.52. The monoisotopic (exact) mass is 662 g/mol. The number of halogens is 4. The molecule has 46 heavy (non-hydrogen) atoms. The standard InChI is InChI=1S/C27H28ClF3N10O2.CH2O2/c28-20-12-17(36-23-24-34-14-21(41(24)6-5-33-23)19-13-35-38-22(19)27(29,30)31)3-4-18(20)25(42)39-7-9-40(10-8-39)26(43)37-16-2-1-15(32)11-16;2-1-3/h3-6,12-16H,1-2,7-11,32H2,(H,33,36)(H,35,38)(H,37,43);1H,(H,2,3)/t15-,16+;/m1./s1. The molecule has 3 amide bonds. The summed E-state index contributed by atoms with van der Waals surface area (Å²) in [5.41, 5.74) is 6.07. The number of urea groups is 1. The summed E-state index contributed by atoms with van der Waals surface area (Å²) in [5.74, 6) is 0.0204. The first-order valence-electron chi connectivity index (χ1n) is 14.2. The Morgan fingerprint density at radius 3 is 2.48 bits per heavy atom. The lowest BCUT2D eigenvalue weighted by Crippen LogP contribution is -2.54. The molecule has 4 heterocycles. The number of alkyl halides is 3. The van der Waals surface area contributed by atoms with Crippen LogP contribution >= 0.6 is 11.6 Å². The molecule has 1 aromatic carbocycles. The number of hydrogen-bond donors (Lipinski definition) is 5. The second kappa shape index (κ2) is 13.6. The molecular formula is C28H30ClF3N10O4. The third kappa shape index (κ3) is 6.99. The summed E-state index contributed by atoms with van der Waals surface area (Å²) in [7, 11) is 0. The largest absolute Gasteiger partial charge is 0.483 e. The molecule has 6 N–H and O–H groups in total. The van der Waals surface area contributed by atoms with Crippen LogP contribution in [0.5, 0.6) is 0 Å². The van der Waals surface area contributed by atoms with E-state index in [9.17, 15) is 22.8 Å². The number of benzene rings is 1. The van der Waals surface area contributed by atoms with Gasteiger partial charge in [-0.15, -0.1) is 0 Å². The number of aromatic nitrogens is 5. The highest BCUT2D eigenvalue weighted by Gasteiger charge is 2.37. The Kier molecular flexibility index (Phi) is 9.62. The molecule has 3 aromatic heterocycles. The number of carbonyl (C=O) groups excluding carboxylic acids is 2. The Morgan fingerprint density at radius 1 is 1.11 bits per heavy atom. The normalized spacial score (nSPS) is 18.2. The van der Waals surface area contributed by atoms with E-state index in [1.807, 2.05) is 5.10 Å². The van der Waals surface area contributed by atoms with Crippen LogP contribution in [0.3, 0.4) is 0 Å². The summed E-state index contributed by atoms with van der Waals surface area (Å²) in [6, 6.07) is 4.88. The number of nitrogens with one attached hydrogen (secondary N) is 3. The highest BCUT2D eigenvalue weighted by molar-refractivity contribution is 6.34. The Hall–Kier alpha value is -4.90. The fourth-order valence-corrected chi connectivity index (χ4v) is 5.76. The van der Waals surface area contributed by atoms with Crippen LogP contribution in [0.4, 0.5) is 29.5 Å². The molecule has 6 rings (SSSR count). The summed E-state index contributed by atoms with van der Waals surface area (Å²) in [5, 5.41) is 18.8. The van der Waals surface area contributed by atoms with Crippen LogP contribution < -0.4 is 16.4 Å². The lowest BCUT2D eigenvalue weighted by Gasteiger charge is -2.35. The van der Waals surface area contributed by atoms with Gasteiger partial charge >= 0.3 is 12.2 Å². The maximum atomic E-state index is 13.4. The number of piperazine rings is 1. The average molecular weight is 663 g/mol. The molecule has 14 nitrogen and oxygen atoms in total. The third-order valence-electron chi connectivity index (χ3n) is 7.74. The first-order valence-corrected chi connectivity index (χ1v) is 14.6. The smallest absolute Gasteiger partial charge is 0.433 e. The molecule has 1 saturated carbocycles. The van der Waals surface area contributed by atoms with Crippen molar-refractivity contribution in [1.82, 2.24) is 39.7 Å². The predicted octanol–water partition coefficient (Wildman–Crippen LogP) is 3.58. The number of fused-ring (bicyclic) bond motifs is 1. The van der Waals surface area contributed by atoms with Crippen molar-refractivity contribution in [2.45, 2.75) is 37.5 Å². The zero-order chi connectivity index (χ0) is 33.0. The minimum absolute atomic E-state index is 0.0875. The molecule has 4 aromatic rings. The topological polar surface area (TPSA) is 187 Å². The van der Waals surface area contributed by atoms with Gasteiger partial charge in [0.15, 0.2) is 11.5 Å². The fraction of sp³-hybridized carbons (Fsp3) is 0.357. The number of nitrogens with zero attached hydrogens (tertiary/aromatic N) is 6. The van der Waals surface area contributed by atoms with Gasteiger partial charge in [-0.3, -0.25) is 19.1 Å². The van der Waals surface area contributed by atoms with Crippen molar-refractivity contribution in [3.05, 3.63) is 59.3 Å². The minimum Gasteiger partial charge on any atom is -0.483 e. The van der Waals surface area contributed by atoms with Crippen molar-refractivity contribution in [1.29, 1.82) is 0 Å². The molecule has 0 unspecified atom stereocenters. The molecular weight excluding hydrogens is 633 g/mol. The van der Waals surface area contributed by atoms with Crippen LogP contribution in [0.2, 0.25) is 5.02 Å². The second-order valence-electron chi connectivity index (χ2n) is 10.7. The van der Waals surface area contributed by atoms with Gasteiger partial charge in [0, 0.05) is 56.3 Å². The van der Waals surface area contributed by atoms with Gasteiger partial charge < -0.3 is 31.3 Å². The number of H-pyrrole nitrogens is 1. The number of nitrogens with two attached hydrogens (primary N) is 1. The predicted molar refractivity (Wildman–Crippen MR) is 161 cm³/mol. The SMILES string of the molecule is N[C@@H]1CC[C@H](NC(=O)N2CCN(C(=O)c3ccc(Nc4nccn5c(-c6cn[nH]c6C(F)(F)F)cnc45)cc3Cl)CC2)C1.O=CO. The quantitative estimate of drug-likeness (QED) is 0.199. The fourth-order valence-electron chi connectivity index (χ4n) is 5.50. The van der Waals surface area contributed by atoms with Crippen LogP contribution in [0.15, 0.2) is 43.0 Å². The average Bonchev–Trinajstić information content (AvgIpc) is 3.77. The number of imidazole rings is 1. The summed E-state index contributed by atoms with van der Waals surface area (Å²) in [4.78, 5) is 46.1. The number of carboxylic acid groups (broad SMARTS) is 1. The van der Waals surface area contributed by atoms with Gasteiger partial charge in [0.05, 0.1) is 34.2 Å². The van der Waals surface area contributed by atoms with Crippen molar-refractivity contribution in [3.8, 4) is 11.3 Å². The van der Waals surface area contributed by atoms with E-state index in [0.29, 0.717) is 37.4 Å². The zero-order valence-corrected chi connectivity index (χ0v) is 24.9. The van der Waals surface area contributed by atoms with Crippen molar-refractivity contribution >= 4 is 47.2 Å². The van der Waals surface area contributed by atoms with Crippen LogP contribution in [0.25, 0.3) is 16.9 Å². The highest BCUT2D eigenvalue weighted by Crippen LogP contribution is 2.36. The maximum absolute atomic E-state index is 13.4. The second-order valence-corrected chi connectivity index (χ2v) is 11.1. The molecule has 2 atom stereocenters. The Bertz CT molecular complexity index is 1720. The van der Waals surface area contributed by atoms with E-state index in [4.69, 9.17) is 27.2 Å². The van der Waals surface area contributed by atoms with E-state index in [1.54, 1.807) is 28.0 Å². The van der Waals surface area contributed by atoms with E-state index < -0.39 is 11.9 Å². The minimum atomic E-state index is -4.62. The van der Waals surface area contributed by atoms with Gasteiger partial charge in [-0.25, -0.2) is 14.8 Å². The van der Waals surface area contributed by atoms with Crippen LogP contribution in [-0.2, 0) is 11.0 Å². The highest BCUT2D eigenvalue weighted by atomic mass is 35.5.